The number of rotatable bonds is 7. The molecule has 0 radical (unpaired) electrons. The summed E-state index contributed by atoms with van der Waals surface area (Å²) in [4.78, 5) is 0.314. The van der Waals surface area contributed by atoms with Crippen LogP contribution in [-0.4, -0.2) is 37.0 Å². The van der Waals surface area contributed by atoms with Crippen LogP contribution < -0.4 is 10.0 Å². The van der Waals surface area contributed by atoms with Gasteiger partial charge in [-0.1, -0.05) is 17.3 Å². The fourth-order valence-electron chi connectivity index (χ4n) is 2.06. The third-order valence-corrected chi connectivity index (χ3v) is 4.76. The summed E-state index contributed by atoms with van der Waals surface area (Å²) in [7, 11) is -1.69. The number of hydrogen-bond donors (Lipinski definition) is 2. The van der Waals surface area contributed by atoms with Gasteiger partial charge >= 0.3 is 0 Å². The summed E-state index contributed by atoms with van der Waals surface area (Å²) in [5.41, 5.74) is 1.73. The fourth-order valence-corrected chi connectivity index (χ4v) is 3.36. The Morgan fingerprint density at radius 3 is 2.81 bits per heavy atom. The molecule has 8 heteroatoms. The Bertz CT molecular complexity index is 683. The minimum atomic E-state index is -3.52. The molecule has 0 unspecified atom stereocenters. The molecule has 0 bridgehead atoms. The predicted octanol–water partition coefficient (Wildman–Crippen LogP) is 0.284. The molecule has 1 aromatic carbocycles. The molecule has 0 spiro atoms. The molecule has 0 aliphatic carbocycles. The molecule has 0 saturated heterocycles. The normalized spacial score (nSPS) is 11.7. The second-order valence-corrected chi connectivity index (χ2v) is 6.37. The van der Waals surface area contributed by atoms with Crippen LogP contribution in [-0.2, 0) is 23.1 Å². The van der Waals surface area contributed by atoms with Crippen molar-refractivity contribution in [2.24, 2.45) is 0 Å². The van der Waals surface area contributed by atoms with Gasteiger partial charge in [0.15, 0.2) is 0 Å². The highest BCUT2D eigenvalue weighted by molar-refractivity contribution is 7.89. The first-order valence-corrected chi connectivity index (χ1v) is 8.10. The van der Waals surface area contributed by atoms with E-state index in [1.54, 1.807) is 29.2 Å². The van der Waals surface area contributed by atoms with Crippen molar-refractivity contribution in [1.82, 2.24) is 25.0 Å². The molecule has 7 nitrogen and oxygen atoms in total. The van der Waals surface area contributed by atoms with E-state index in [4.69, 9.17) is 0 Å². The summed E-state index contributed by atoms with van der Waals surface area (Å²) < 4.78 is 28.9. The summed E-state index contributed by atoms with van der Waals surface area (Å²) in [6, 6.07) is 5.29. The van der Waals surface area contributed by atoms with E-state index in [0.717, 1.165) is 11.1 Å². The zero-order valence-corrected chi connectivity index (χ0v) is 12.9. The van der Waals surface area contributed by atoms with Gasteiger partial charge in [0.05, 0.1) is 17.6 Å². The van der Waals surface area contributed by atoms with Gasteiger partial charge in [-0.25, -0.2) is 13.1 Å². The molecule has 0 fully saturated rings. The first-order valence-electron chi connectivity index (χ1n) is 6.61. The number of nitrogens with one attached hydrogen (secondary N) is 2. The van der Waals surface area contributed by atoms with Crippen LogP contribution in [0, 0.1) is 6.92 Å². The minimum Gasteiger partial charge on any atom is -0.316 e. The van der Waals surface area contributed by atoms with Gasteiger partial charge in [-0.3, -0.25) is 4.68 Å². The molecule has 1 heterocycles. The Labute approximate surface area is 124 Å². The summed E-state index contributed by atoms with van der Waals surface area (Å²) in [5.74, 6) is 0. The molecule has 2 rings (SSSR count). The number of sulfonamides is 1. The van der Waals surface area contributed by atoms with E-state index in [1.807, 2.05) is 20.0 Å². The summed E-state index contributed by atoms with van der Waals surface area (Å²) in [6.07, 6.45) is 3.24. The van der Waals surface area contributed by atoms with Gasteiger partial charge in [-0.05, 0) is 31.2 Å². The number of hydrogen-bond acceptors (Lipinski definition) is 5. The zero-order chi connectivity index (χ0) is 15.3. The molecule has 1 aromatic heterocycles. The highest BCUT2D eigenvalue weighted by Crippen LogP contribution is 2.18. The zero-order valence-electron chi connectivity index (χ0n) is 12.1. The van der Waals surface area contributed by atoms with Gasteiger partial charge in [0.25, 0.3) is 0 Å². The van der Waals surface area contributed by atoms with Crippen molar-refractivity contribution in [3.8, 4) is 0 Å². The lowest BCUT2D eigenvalue weighted by molar-refractivity contribution is 0.552. The van der Waals surface area contributed by atoms with Gasteiger partial charge in [-0.2, -0.15) is 0 Å². The van der Waals surface area contributed by atoms with Crippen molar-refractivity contribution in [3.63, 3.8) is 0 Å². The topological polar surface area (TPSA) is 88.9 Å². The number of aromatic nitrogens is 3. The van der Waals surface area contributed by atoms with Crippen LogP contribution >= 0.6 is 0 Å². The summed E-state index contributed by atoms with van der Waals surface area (Å²) in [6.45, 7) is 3.16. The third kappa shape index (κ3) is 3.87. The standard InChI is InChI=1S/C13H19N5O2S/c1-11-12(10-14-2)4-3-5-13(11)21(19,20)16-7-9-18-8-6-15-17-18/h3-6,8,14,16H,7,9-10H2,1-2H3. The van der Waals surface area contributed by atoms with Crippen LogP contribution in [0.2, 0.25) is 0 Å². The molecule has 21 heavy (non-hydrogen) atoms. The van der Waals surface area contributed by atoms with E-state index >= 15 is 0 Å². The second kappa shape index (κ2) is 6.79. The molecule has 0 saturated carbocycles. The smallest absolute Gasteiger partial charge is 0.240 e. The quantitative estimate of drug-likeness (QED) is 0.767. The largest absolute Gasteiger partial charge is 0.316 e. The molecule has 0 aliphatic rings. The lowest BCUT2D eigenvalue weighted by Crippen LogP contribution is -2.28. The van der Waals surface area contributed by atoms with E-state index in [9.17, 15) is 8.42 Å². The molecular formula is C13H19N5O2S. The van der Waals surface area contributed by atoms with Gasteiger partial charge in [0.1, 0.15) is 0 Å². The summed E-state index contributed by atoms with van der Waals surface area (Å²) in [5, 5.41) is 10.5. The van der Waals surface area contributed by atoms with Crippen molar-refractivity contribution in [2.75, 3.05) is 13.6 Å². The molecule has 0 atom stereocenters. The van der Waals surface area contributed by atoms with Crippen molar-refractivity contribution >= 4 is 10.0 Å². The van der Waals surface area contributed by atoms with Crippen LogP contribution in [0.1, 0.15) is 11.1 Å². The maximum absolute atomic E-state index is 12.4. The summed E-state index contributed by atoms with van der Waals surface area (Å²) >= 11 is 0. The van der Waals surface area contributed by atoms with Gasteiger partial charge in [0.2, 0.25) is 10.0 Å². The van der Waals surface area contributed by atoms with Crippen LogP contribution in [0.3, 0.4) is 0 Å². The monoisotopic (exact) mass is 309 g/mol. The average molecular weight is 309 g/mol. The third-order valence-electron chi connectivity index (χ3n) is 3.16. The van der Waals surface area contributed by atoms with Gasteiger partial charge < -0.3 is 5.32 Å². The average Bonchev–Trinajstić information content (AvgIpc) is 2.94. The van der Waals surface area contributed by atoms with E-state index in [1.165, 1.54) is 0 Å². The Morgan fingerprint density at radius 2 is 2.14 bits per heavy atom. The Morgan fingerprint density at radius 1 is 1.33 bits per heavy atom. The van der Waals surface area contributed by atoms with E-state index < -0.39 is 10.0 Å². The van der Waals surface area contributed by atoms with E-state index in [2.05, 4.69) is 20.4 Å². The van der Waals surface area contributed by atoms with Crippen LogP contribution in [0.25, 0.3) is 0 Å². The van der Waals surface area contributed by atoms with Crippen molar-refractivity contribution in [2.45, 2.75) is 24.9 Å². The first-order chi connectivity index (χ1) is 10.0. The van der Waals surface area contributed by atoms with Gasteiger partial charge in [0, 0.05) is 19.3 Å². The van der Waals surface area contributed by atoms with Crippen LogP contribution in [0.4, 0.5) is 0 Å². The van der Waals surface area contributed by atoms with Crippen molar-refractivity contribution < 1.29 is 8.42 Å². The van der Waals surface area contributed by atoms with E-state index in [0.29, 0.717) is 18.0 Å². The lowest BCUT2D eigenvalue weighted by atomic mass is 10.1. The Balaban J connectivity index is 2.10. The fraction of sp³-hybridized carbons (Fsp3) is 0.385. The molecule has 2 N–H and O–H groups in total. The van der Waals surface area contributed by atoms with Crippen molar-refractivity contribution in [1.29, 1.82) is 0 Å². The Kier molecular flexibility index (Phi) is 5.05. The van der Waals surface area contributed by atoms with Crippen LogP contribution in [0.5, 0.6) is 0 Å². The molecule has 0 amide bonds. The molecule has 0 aliphatic heterocycles. The highest BCUT2D eigenvalue weighted by atomic mass is 32.2. The van der Waals surface area contributed by atoms with Gasteiger partial charge in [-0.15, -0.1) is 5.10 Å². The number of benzene rings is 1. The second-order valence-electron chi connectivity index (χ2n) is 4.63. The maximum Gasteiger partial charge on any atom is 0.240 e. The molecule has 2 aromatic rings. The first kappa shape index (κ1) is 15.6. The van der Waals surface area contributed by atoms with E-state index in [-0.39, 0.29) is 6.54 Å². The predicted molar refractivity (Wildman–Crippen MR) is 79.2 cm³/mol. The molecular weight excluding hydrogens is 290 g/mol. The maximum atomic E-state index is 12.4. The van der Waals surface area contributed by atoms with Crippen molar-refractivity contribution in [3.05, 3.63) is 41.7 Å². The number of nitrogens with zero attached hydrogens (tertiary/aromatic N) is 3. The highest BCUT2D eigenvalue weighted by Gasteiger charge is 2.17. The lowest BCUT2D eigenvalue weighted by Gasteiger charge is -2.12. The minimum absolute atomic E-state index is 0.265. The molecule has 114 valence electrons. The SMILES string of the molecule is CNCc1cccc(S(=O)(=O)NCCn2ccnn2)c1C. The Hall–Kier alpha value is -1.77. The van der Waals surface area contributed by atoms with Crippen LogP contribution in [0.15, 0.2) is 35.5 Å².